The van der Waals surface area contributed by atoms with Gasteiger partial charge < -0.3 is 39.6 Å². The summed E-state index contributed by atoms with van der Waals surface area (Å²) in [5, 5.41) is 17.2. The van der Waals surface area contributed by atoms with Crippen LogP contribution in [0.2, 0.25) is 0 Å². The van der Waals surface area contributed by atoms with Gasteiger partial charge >= 0.3 is 6.16 Å². The Morgan fingerprint density at radius 3 is 3.03 bits per heavy atom. The quantitative estimate of drug-likeness (QED) is 0.252. The number of aromatic nitrogens is 3. The third kappa shape index (κ3) is 3.89. The second-order valence-corrected chi connectivity index (χ2v) is 9.21. The van der Waals surface area contributed by atoms with Crippen LogP contribution in [0.3, 0.4) is 0 Å². The number of nitrogens with one attached hydrogen (secondary N) is 4. The second kappa shape index (κ2) is 8.81. The number of fused-ring (bicyclic) bond motifs is 2. The molecule has 0 saturated heterocycles. The van der Waals surface area contributed by atoms with Crippen molar-refractivity contribution in [1.29, 1.82) is 0 Å². The molecule has 0 bridgehead atoms. The van der Waals surface area contributed by atoms with Crippen LogP contribution in [0.15, 0.2) is 62.5 Å². The van der Waals surface area contributed by atoms with Crippen molar-refractivity contribution in [3.05, 3.63) is 59.1 Å². The number of anilines is 1. The largest absolute Gasteiger partial charge is 0.515 e. The summed E-state index contributed by atoms with van der Waals surface area (Å²) in [4.78, 5) is 35.5. The van der Waals surface area contributed by atoms with E-state index in [9.17, 15) is 14.7 Å². The first-order valence-corrected chi connectivity index (χ1v) is 12.1. The lowest BCUT2D eigenvalue weighted by molar-refractivity contribution is -0.115. The number of hydrogen-bond acceptors (Lipinski definition) is 10. The molecule has 36 heavy (non-hydrogen) atoms. The number of phenols is 1. The van der Waals surface area contributed by atoms with E-state index in [0.29, 0.717) is 50.6 Å². The molecule has 0 aliphatic carbocycles. The van der Waals surface area contributed by atoms with E-state index in [-0.39, 0.29) is 30.6 Å². The van der Waals surface area contributed by atoms with E-state index >= 15 is 0 Å². The molecule has 4 aromatic rings. The molecular formula is C24H21N5O6S. The molecule has 5 heterocycles. The van der Waals surface area contributed by atoms with Gasteiger partial charge in [-0.3, -0.25) is 4.79 Å². The first-order valence-electron chi connectivity index (χ1n) is 11.3. The monoisotopic (exact) mass is 507 g/mol. The fourth-order valence-electron chi connectivity index (χ4n) is 4.46. The van der Waals surface area contributed by atoms with Gasteiger partial charge in [0.1, 0.15) is 17.2 Å². The summed E-state index contributed by atoms with van der Waals surface area (Å²) in [7, 11) is 0. The smallest absolute Gasteiger partial charge is 0.508 e. The first kappa shape index (κ1) is 22.3. The number of hydrogen-bond donors (Lipinski definition) is 5. The molecule has 1 unspecified atom stereocenters. The Morgan fingerprint density at radius 2 is 2.17 bits per heavy atom. The van der Waals surface area contributed by atoms with E-state index < -0.39 is 12.1 Å². The summed E-state index contributed by atoms with van der Waals surface area (Å²) in [5.41, 5.74) is 4.00. The Labute approximate surface area is 208 Å². The van der Waals surface area contributed by atoms with Crippen molar-refractivity contribution in [3.8, 4) is 11.6 Å². The number of phenolic OH excluding ortho intramolecular Hbond substituents is 1. The van der Waals surface area contributed by atoms with Crippen LogP contribution in [0.25, 0.3) is 11.0 Å². The zero-order chi connectivity index (χ0) is 24.8. The third-order valence-corrected chi connectivity index (χ3v) is 6.75. The molecule has 0 saturated carbocycles. The lowest BCUT2D eigenvalue weighted by Gasteiger charge is -2.31. The highest BCUT2D eigenvalue weighted by molar-refractivity contribution is 7.99. The van der Waals surface area contributed by atoms with Gasteiger partial charge in [0.2, 0.25) is 5.88 Å². The lowest BCUT2D eigenvalue weighted by atomic mass is 9.82. The maximum absolute atomic E-state index is 13.0. The normalized spacial score (nSPS) is 17.0. The zero-order valence-corrected chi connectivity index (χ0v) is 19.8. The molecule has 2 aliphatic heterocycles. The van der Waals surface area contributed by atoms with Gasteiger partial charge in [-0.25, -0.2) is 9.78 Å². The van der Waals surface area contributed by atoms with Crippen LogP contribution in [-0.4, -0.2) is 51.7 Å². The van der Waals surface area contributed by atoms with Gasteiger partial charge in [-0.2, -0.15) is 0 Å². The Bertz CT molecular complexity index is 1530. The van der Waals surface area contributed by atoms with Gasteiger partial charge in [0.15, 0.2) is 16.0 Å². The summed E-state index contributed by atoms with van der Waals surface area (Å²) in [5.74, 6) is 0.376. The van der Waals surface area contributed by atoms with Crippen molar-refractivity contribution in [3.63, 3.8) is 0 Å². The molecule has 11 nitrogen and oxygen atoms in total. The van der Waals surface area contributed by atoms with Crippen LogP contribution >= 0.6 is 11.8 Å². The summed E-state index contributed by atoms with van der Waals surface area (Å²) in [6.07, 6.45) is 0.871. The van der Waals surface area contributed by atoms with E-state index in [1.807, 2.05) is 12.1 Å². The average molecular weight is 508 g/mol. The topological polar surface area (TPSA) is 154 Å². The lowest BCUT2D eigenvalue weighted by Crippen LogP contribution is -2.39. The number of nitrogens with zero attached hydrogens (tertiary/aromatic N) is 1. The van der Waals surface area contributed by atoms with Gasteiger partial charge in [0.05, 0.1) is 30.1 Å². The number of aromatic amines is 2. The number of imidazole rings is 1. The number of furan rings is 1. The highest BCUT2D eigenvalue weighted by Crippen LogP contribution is 2.47. The SMILES string of the molecule is CCOC(=O)Oc1[nH]cc2c1NC1=C(C(=O)CNC1)C2c1ccc(Sc2nc3ccc(O)cc3[nH]2)o1. The van der Waals surface area contributed by atoms with E-state index in [1.54, 1.807) is 31.3 Å². The Kier molecular flexibility index (Phi) is 5.46. The maximum atomic E-state index is 13.0. The first-order chi connectivity index (χ1) is 17.5. The molecule has 3 aromatic heterocycles. The molecule has 12 heteroatoms. The number of aromatic hydroxyl groups is 1. The highest BCUT2D eigenvalue weighted by atomic mass is 32.2. The molecule has 0 fully saturated rings. The zero-order valence-electron chi connectivity index (χ0n) is 19.0. The molecule has 0 radical (unpaired) electrons. The van der Waals surface area contributed by atoms with Crippen LogP contribution in [0.4, 0.5) is 10.5 Å². The van der Waals surface area contributed by atoms with Crippen molar-refractivity contribution in [2.75, 3.05) is 25.0 Å². The number of Topliss-reactive ketones (excluding diaryl/α,β-unsaturated/α-hetero) is 1. The number of carbonyl (C=O) groups excluding carboxylic acids is 2. The fourth-order valence-corrected chi connectivity index (χ4v) is 5.23. The predicted octanol–water partition coefficient (Wildman–Crippen LogP) is 3.86. The van der Waals surface area contributed by atoms with E-state index in [4.69, 9.17) is 13.9 Å². The van der Waals surface area contributed by atoms with Gasteiger partial charge in [-0.05, 0) is 43.0 Å². The number of benzene rings is 1. The van der Waals surface area contributed by atoms with Crippen LogP contribution in [0.1, 0.15) is 24.2 Å². The maximum Gasteiger partial charge on any atom is 0.515 e. The van der Waals surface area contributed by atoms with Crippen LogP contribution in [-0.2, 0) is 9.53 Å². The molecular weight excluding hydrogens is 486 g/mol. The van der Waals surface area contributed by atoms with Crippen molar-refractivity contribution in [2.45, 2.75) is 23.1 Å². The number of ether oxygens (including phenoxy) is 2. The number of rotatable bonds is 5. The Balaban J connectivity index is 1.34. The molecule has 1 aromatic carbocycles. The molecule has 184 valence electrons. The van der Waals surface area contributed by atoms with E-state index in [0.717, 1.165) is 5.52 Å². The Morgan fingerprint density at radius 1 is 1.28 bits per heavy atom. The minimum atomic E-state index is -0.825. The van der Waals surface area contributed by atoms with Crippen LogP contribution in [0.5, 0.6) is 11.6 Å². The van der Waals surface area contributed by atoms with Crippen molar-refractivity contribution >= 4 is 40.4 Å². The molecule has 5 N–H and O–H groups in total. The highest BCUT2D eigenvalue weighted by Gasteiger charge is 2.39. The van der Waals surface area contributed by atoms with Gasteiger partial charge in [-0.1, -0.05) is 0 Å². The second-order valence-electron chi connectivity index (χ2n) is 8.21. The summed E-state index contributed by atoms with van der Waals surface area (Å²) in [6.45, 7) is 2.55. The van der Waals surface area contributed by atoms with Crippen LogP contribution in [0, 0.1) is 0 Å². The molecule has 0 spiro atoms. The summed E-state index contributed by atoms with van der Waals surface area (Å²) in [6, 6.07) is 8.56. The number of H-pyrrole nitrogens is 2. The van der Waals surface area contributed by atoms with Gasteiger partial charge in [0.25, 0.3) is 0 Å². The molecule has 1 atom stereocenters. The van der Waals surface area contributed by atoms with Crippen molar-refractivity contribution in [1.82, 2.24) is 20.3 Å². The van der Waals surface area contributed by atoms with E-state index in [2.05, 4.69) is 25.6 Å². The predicted molar refractivity (Wildman–Crippen MR) is 129 cm³/mol. The molecule has 0 amide bonds. The molecule has 6 rings (SSSR count). The number of carbonyl (C=O) groups is 2. The van der Waals surface area contributed by atoms with Gasteiger partial charge in [0, 0.05) is 35.6 Å². The number of ketones is 1. The van der Waals surface area contributed by atoms with Crippen LogP contribution < -0.4 is 15.4 Å². The fraction of sp³-hybridized carbons (Fsp3) is 0.208. The van der Waals surface area contributed by atoms with E-state index in [1.165, 1.54) is 11.8 Å². The summed E-state index contributed by atoms with van der Waals surface area (Å²) < 4.78 is 16.4. The summed E-state index contributed by atoms with van der Waals surface area (Å²) >= 11 is 1.30. The van der Waals surface area contributed by atoms with Crippen molar-refractivity contribution in [2.24, 2.45) is 0 Å². The van der Waals surface area contributed by atoms with Crippen molar-refractivity contribution < 1.29 is 28.6 Å². The molecule has 2 aliphatic rings. The Hall–Kier alpha value is -4.16. The van der Waals surface area contributed by atoms with Gasteiger partial charge in [-0.15, -0.1) is 0 Å². The minimum Gasteiger partial charge on any atom is -0.508 e. The average Bonchev–Trinajstić information content (AvgIpc) is 3.57. The standard InChI is InChI=1S/C24H21N5O6S/c1-2-33-24(32)35-22-21-12(8-26-22)19(20-15(27-21)9-25-10-16(20)31)17-5-6-18(34-17)36-23-28-13-4-3-11(30)7-14(13)29-23/h3-8,19,25-27,30H,2,9-10H2,1H3,(H,28,29). The minimum absolute atomic E-state index is 0.0452. The third-order valence-electron chi connectivity index (χ3n) is 5.94.